The van der Waals surface area contributed by atoms with Crippen LogP contribution >= 0.6 is 0 Å². The van der Waals surface area contributed by atoms with E-state index in [1.165, 1.54) is 6.33 Å². The van der Waals surface area contributed by atoms with Crippen molar-refractivity contribution in [2.24, 2.45) is 7.05 Å². The van der Waals surface area contributed by atoms with Gasteiger partial charge in [0.2, 0.25) is 5.43 Å². The number of nitrogens with zero attached hydrogens (tertiary/aromatic N) is 4. The van der Waals surface area contributed by atoms with Gasteiger partial charge in [-0.3, -0.25) is 14.3 Å². The topological polar surface area (TPSA) is 81.8 Å². The molecule has 1 amide bonds. The predicted molar refractivity (Wildman–Crippen MR) is 93.4 cm³/mol. The van der Waals surface area contributed by atoms with Crippen LogP contribution in [0.25, 0.3) is 10.9 Å². The van der Waals surface area contributed by atoms with Crippen LogP contribution in [0.3, 0.4) is 0 Å². The molecule has 0 saturated carbocycles. The van der Waals surface area contributed by atoms with Gasteiger partial charge in [0, 0.05) is 25.2 Å². The van der Waals surface area contributed by atoms with E-state index in [0.717, 1.165) is 24.0 Å². The van der Waals surface area contributed by atoms with Gasteiger partial charge in [-0.25, -0.2) is 4.98 Å². The van der Waals surface area contributed by atoms with Crippen LogP contribution in [0.4, 0.5) is 0 Å². The highest BCUT2D eigenvalue weighted by molar-refractivity contribution is 5.98. The van der Waals surface area contributed by atoms with Gasteiger partial charge < -0.3 is 9.88 Å². The van der Waals surface area contributed by atoms with Crippen LogP contribution in [0.1, 0.15) is 41.1 Å². The molecular weight excluding hydrogens is 318 g/mol. The van der Waals surface area contributed by atoms with Crippen molar-refractivity contribution >= 4 is 16.8 Å². The molecule has 1 N–H and O–H groups in total. The number of pyridine rings is 1. The fourth-order valence-corrected chi connectivity index (χ4v) is 3.52. The molecule has 0 aliphatic carbocycles. The summed E-state index contributed by atoms with van der Waals surface area (Å²) in [6, 6.07) is 5.41. The van der Waals surface area contributed by atoms with Gasteiger partial charge in [-0.05, 0) is 24.5 Å². The Morgan fingerprint density at radius 3 is 2.96 bits per heavy atom. The van der Waals surface area contributed by atoms with Gasteiger partial charge in [0.15, 0.2) is 0 Å². The summed E-state index contributed by atoms with van der Waals surface area (Å²) in [6.45, 7) is 2.75. The number of aromatic nitrogens is 4. The second-order valence-electron chi connectivity index (χ2n) is 6.30. The maximum atomic E-state index is 12.8. The van der Waals surface area contributed by atoms with Crippen LogP contribution in [-0.4, -0.2) is 25.2 Å². The minimum absolute atomic E-state index is 0.173. The fraction of sp³-hybridized carbons (Fsp3) is 0.333. The zero-order chi connectivity index (χ0) is 17.6. The molecule has 3 heterocycles. The van der Waals surface area contributed by atoms with E-state index in [2.05, 4.69) is 15.4 Å². The molecule has 1 aliphatic heterocycles. The van der Waals surface area contributed by atoms with E-state index in [0.29, 0.717) is 17.6 Å². The van der Waals surface area contributed by atoms with E-state index >= 15 is 0 Å². The van der Waals surface area contributed by atoms with E-state index in [1.807, 2.05) is 23.6 Å². The number of rotatable bonds is 4. The van der Waals surface area contributed by atoms with Crippen LogP contribution in [0.15, 0.2) is 35.5 Å². The highest BCUT2D eigenvalue weighted by atomic mass is 16.2. The molecule has 25 heavy (non-hydrogen) atoms. The maximum absolute atomic E-state index is 12.8. The molecule has 0 fully saturated rings. The third kappa shape index (κ3) is 2.43. The van der Waals surface area contributed by atoms with Crippen molar-refractivity contribution < 1.29 is 4.79 Å². The van der Waals surface area contributed by atoms with Crippen LogP contribution in [0.2, 0.25) is 0 Å². The first-order valence-corrected chi connectivity index (χ1v) is 8.40. The molecule has 2 aromatic heterocycles. The zero-order valence-electron chi connectivity index (χ0n) is 14.2. The molecular formula is C18H19N5O2. The van der Waals surface area contributed by atoms with Crippen molar-refractivity contribution in [1.29, 1.82) is 0 Å². The Labute approximate surface area is 144 Å². The lowest BCUT2D eigenvalue weighted by molar-refractivity contribution is 0.0931. The Morgan fingerprint density at radius 2 is 2.24 bits per heavy atom. The first kappa shape index (κ1) is 15.6. The lowest BCUT2D eigenvalue weighted by Gasteiger charge is -2.16. The molecule has 0 radical (unpaired) electrons. The smallest absolute Gasteiger partial charge is 0.257 e. The van der Waals surface area contributed by atoms with Crippen molar-refractivity contribution in [1.82, 2.24) is 24.6 Å². The molecule has 7 nitrogen and oxygen atoms in total. The first-order chi connectivity index (χ1) is 12.1. The fourth-order valence-electron chi connectivity index (χ4n) is 3.52. The standard InChI is InChI=1S/C18H19N5O2/c1-3-14(17-19-10-20-22(17)2)21-18(25)13-9-23-8-7-11-5-4-6-12(15(11)23)16(13)24/h4-6,9-10,14H,3,7-8H2,1-2H3,(H,21,25)/t14-/m0/s1. The predicted octanol–water partition coefficient (Wildman–Crippen LogP) is 1.57. The second kappa shape index (κ2) is 5.84. The maximum Gasteiger partial charge on any atom is 0.257 e. The number of hydrogen-bond acceptors (Lipinski definition) is 4. The summed E-state index contributed by atoms with van der Waals surface area (Å²) >= 11 is 0. The molecule has 0 spiro atoms. The minimum Gasteiger partial charge on any atom is -0.346 e. The Hall–Kier alpha value is -2.96. The second-order valence-corrected chi connectivity index (χ2v) is 6.30. The molecule has 7 heteroatoms. The Bertz CT molecular complexity index is 1030. The summed E-state index contributed by atoms with van der Waals surface area (Å²) < 4.78 is 3.64. The van der Waals surface area contributed by atoms with E-state index in [9.17, 15) is 9.59 Å². The number of para-hydroxylation sites is 1. The van der Waals surface area contributed by atoms with Gasteiger partial charge in [-0.15, -0.1) is 0 Å². The van der Waals surface area contributed by atoms with Crippen molar-refractivity contribution in [3.05, 3.63) is 57.9 Å². The Kier molecular flexibility index (Phi) is 3.63. The molecule has 4 rings (SSSR count). The SMILES string of the molecule is CC[C@H](NC(=O)c1cn2c3c(cccc3c1=O)CC2)c1ncnn1C. The molecule has 1 aromatic carbocycles. The zero-order valence-corrected chi connectivity index (χ0v) is 14.2. The lowest BCUT2D eigenvalue weighted by atomic mass is 10.1. The van der Waals surface area contributed by atoms with Crippen molar-refractivity contribution in [3.8, 4) is 0 Å². The van der Waals surface area contributed by atoms with Crippen LogP contribution in [-0.2, 0) is 20.0 Å². The number of benzene rings is 1. The summed E-state index contributed by atoms with van der Waals surface area (Å²) in [6.07, 6.45) is 4.68. The van der Waals surface area contributed by atoms with Crippen LogP contribution < -0.4 is 10.7 Å². The minimum atomic E-state index is -0.372. The average molecular weight is 337 g/mol. The third-order valence-corrected chi connectivity index (χ3v) is 4.82. The third-order valence-electron chi connectivity index (χ3n) is 4.82. The number of nitrogens with one attached hydrogen (secondary N) is 1. The van der Waals surface area contributed by atoms with E-state index in [-0.39, 0.29) is 22.9 Å². The van der Waals surface area contributed by atoms with Gasteiger partial charge in [-0.1, -0.05) is 19.1 Å². The molecule has 0 unspecified atom stereocenters. The summed E-state index contributed by atoms with van der Waals surface area (Å²) in [5.74, 6) is 0.298. The van der Waals surface area contributed by atoms with Gasteiger partial charge in [0.25, 0.3) is 5.91 Å². The lowest BCUT2D eigenvalue weighted by Crippen LogP contribution is -2.33. The van der Waals surface area contributed by atoms with Gasteiger partial charge in [-0.2, -0.15) is 5.10 Å². The summed E-state index contributed by atoms with van der Waals surface area (Å²) in [4.78, 5) is 29.8. The Balaban J connectivity index is 1.73. The Morgan fingerprint density at radius 1 is 1.40 bits per heavy atom. The average Bonchev–Trinajstić information content (AvgIpc) is 3.22. The number of carbonyl (C=O) groups is 1. The van der Waals surface area contributed by atoms with Crippen LogP contribution in [0.5, 0.6) is 0 Å². The van der Waals surface area contributed by atoms with Gasteiger partial charge in [0.1, 0.15) is 17.7 Å². The first-order valence-electron chi connectivity index (χ1n) is 8.40. The van der Waals surface area contributed by atoms with Crippen LogP contribution in [0, 0.1) is 0 Å². The monoisotopic (exact) mass is 337 g/mol. The van der Waals surface area contributed by atoms with Crippen molar-refractivity contribution in [2.75, 3.05) is 0 Å². The molecule has 128 valence electrons. The molecule has 1 aliphatic rings. The summed E-state index contributed by atoms with van der Waals surface area (Å²) in [7, 11) is 1.78. The number of amides is 1. The number of carbonyl (C=O) groups excluding carboxylic acids is 1. The molecule has 1 atom stereocenters. The van der Waals surface area contributed by atoms with Gasteiger partial charge >= 0.3 is 0 Å². The molecule has 3 aromatic rings. The summed E-state index contributed by atoms with van der Waals surface area (Å²) in [5.41, 5.74) is 2.06. The number of hydrogen-bond donors (Lipinski definition) is 1. The van der Waals surface area contributed by atoms with E-state index in [1.54, 1.807) is 24.0 Å². The molecule has 0 saturated heterocycles. The quantitative estimate of drug-likeness (QED) is 0.783. The largest absolute Gasteiger partial charge is 0.346 e. The van der Waals surface area contributed by atoms with Crippen molar-refractivity contribution in [2.45, 2.75) is 32.4 Å². The highest BCUT2D eigenvalue weighted by Gasteiger charge is 2.23. The molecule has 0 bridgehead atoms. The normalized spacial score (nSPS) is 14.0. The van der Waals surface area contributed by atoms with Crippen molar-refractivity contribution in [3.63, 3.8) is 0 Å². The highest BCUT2D eigenvalue weighted by Crippen LogP contribution is 2.24. The number of aryl methyl sites for hydroxylation is 3. The van der Waals surface area contributed by atoms with Gasteiger partial charge in [0.05, 0.1) is 11.6 Å². The summed E-state index contributed by atoms with van der Waals surface area (Å²) in [5, 5.41) is 7.58. The van der Waals surface area contributed by atoms with E-state index < -0.39 is 0 Å². The van der Waals surface area contributed by atoms with E-state index in [4.69, 9.17) is 0 Å².